The van der Waals surface area contributed by atoms with Crippen molar-refractivity contribution in [1.82, 2.24) is 0 Å². The van der Waals surface area contributed by atoms with Crippen LogP contribution >= 0.6 is 0 Å². The Morgan fingerprint density at radius 2 is 0.412 bits per heavy atom. The summed E-state index contributed by atoms with van der Waals surface area (Å²) in [7, 11) is 0. The summed E-state index contributed by atoms with van der Waals surface area (Å²) in [6, 6.07) is 0. The first-order valence-electron chi connectivity index (χ1n) is 36.3. The molecule has 0 saturated heterocycles. The molecule has 6 nitrogen and oxygen atoms in total. The van der Waals surface area contributed by atoms with E-state index >= 15 is 0 Å². The molecule has 0 rings (SSSR count). The molecular weight excluding hydrogens is 985 g/mol. The fourth-order valence-corrected chi connectivity index (χ4v) is 11.2. The second-order valence-corrected chi connectivity index (χ2v) is 24.9. The molecule has 0 aromatic rings. The van der Waals surface area contributed by atoms with Gasteiger partial charge in [-0.15, -0.1) is 0 Å². The summed E-state index contributed by atoms with van der Waals surface area (Å²) in [6.45, 7) is 6.68. The summed E-state index contributed by atoms with van der Waals surface area (Å²) in [6.07, 6.45) is 85.2. The third kappa shape index (κ3) is 66.7. The van der Waals surface area contributed by atoms with Crippen molar-refractivity contribution >= 4 is 17.9 Å². The van der Waals surface area contributed by atoms with Gasteiger partial charge in [0.05, 0.1) is 0 Å². The molecule has 80 heavy (non-hydrogen) atoms. The maximum Gasteiger partial charge on any atom is 0.306 e. The van der Waals surface area contributed by atoms with Crippen LogP contribution in [0.25, 0.3) is 0 Å². The molecule has 0 fully saturated rings. The number of allylic oxidation sites excluding steroid dienone is 4. The van der Waals surface area contributed by atoms with Gasteiger partial charge in [0.15, 0.2) is 6.10 Å². The van der Waals surface area contributed by atoms with Gasteiger partial charge in [-0.1, -0.05) is 347 Å². The Morgan fingerprint density at radius 3 is 0.650 bits per heavy atom. The van der Waals surface area contributed by atoms with Gasteiger partial charge < -0.3 is 14.2 Å². The summed E-state index contributed by atoms with van der Waals surface area (Å²) in [5.74, 6) is -0.856. The zero-order valence-corrected chi connectivity index (χ0v) is 54.4. The maximum absolute atomic E-state index is 12.9. The van der Waals surface area contributed by atoms with Crippen LogP contribution in [0.1, 0.15) is 412 Å². The molecule has 0 heterocycles. The first-order chi connectivity index (χ1) is 39.5. The molecule has 0 N–H and O–H groups in total. The van der Waals surface area contributed by atoms with Crippen LogP contribution in [0.3, 0.4) is 0 Å². The van der Waals surface area contributed by atoms with Crippen LogP contribution in [0, 0.1) is 0 Å². The molecule has 0 radical (unpaired) electrons. The molecule has 0 amide bonds. The zero-order chi connectivity index (χ0) is 57.8. The lowest BCUT2D eigenvalue weighted by Crippen LogP contribution is -2.30. The van der Waals surface area contributed by atoms with E-state index in [1.54, 1.807) is 0 Å². The molecule has 1 unspecified atom stereocenters. The summed E-state index contributed by atoms with van der Waals surface area (Å²) in [4.78, 5) is 38.4. The third-order valence-corrected chi connectivity index (χ3v) is 16.7. The predicted octanol–water partition coefficient (Wildman–Crippen LogP) is 25.0. The van der Waals surface area contributed by atoms with Crippen molar-refractivity contribution < 1.29 is 28.6 Å². The molecule has 1 atom stereocenters. The smallest absolute Gasteiger partial charge is 0.306 e. The van der Waals surface area contributed by atoms with Crippen molar-refractivity contribution in [3.8, 4) is 0 Å². The molecule has 0 bridgehead atoms. The molecule has 0 aliphatic carbocycles. The van der Waals surface area contributed by atoms with Gasteiger partial charge in [-0.05, 0) is 70.6 Å². The molecule has 0 aromatic heterocycles. The van der Waals surface area contributed by atoms with Crippen LogP contribution in [0.5, 0.6) is 0 Å². The fraction of sp³-hybridized carbons (Fsp3) is 0.905. The highest BCUT2D eigenvalue weighted by Crippen LogP contribution is 2.19. The van der Waals surface area contributed by atoms with E-state index in [2.05, 4.69) is 45.1 Å². The molecule has 0 aliphatic rings. The largest absolute Gasteiger partial charge is 0.462 e. The average molecular weight is 1130 g/mol. The number of unbranched alkanes of at least 4 members (excludes halogenated alkanes) is 53. The van der Waals surface area contributed by atoms with E-state index < -0.39 is 6.10 Å². The molecule has 0 aromatic carbocycles. The van der Waals surface area contributed by atoms with Gasteiger partial charge in [-0.25, -0.2) is 0 Å². The molecule has 472 valence electrons. The van der Waals surface area contributed by atoms with Crippen molar-refractivity contribution in [1.29, 1.82) is 0 Å². The van der Waals surface area contributed by atoms with Gasteiger partial charge in [0.1, 0.15) is 13.2 Å². The van der Waals surface area contributed by atoms with Crippen molar-refractivity contribution in [2.24, 2.45) is 0 Å². The van der Waals surface area contributed by atoms with E-state index in [1.807, 2.05) is 0 Å². The maximum atomic E-state index is 12.9. The minimum atomic E-state index is -0.775. The molecule has 6 heteroatoms. The molecule has 0 saturated carbocycles. The SMILES string of the molecule is CCCCC/C=C\CCCCCCCC(=O)OCC(COC(=O)CCCCCCCCCCCCCCCCCCCCCCCCCCCCCCCCCC)OC(=O)CCCCCCCCC/C=C\CCCCCCCCC. The van der Waals surface area contributed by atoms with Gasteiger partial charge in [0.2, 0.25) is 0 Å². The lowest BCUT2D eigenvalue weighted by atomic mass is 10.0. The van der Waals surface area contributed by atoms with E-state index in [0.29, 0.717) is 19.3 Å². The van der Waals surface area contributed by atoms with E-state index in [-0.39, 0.29) is 31.1 Å². The van der Waals surface area contributed by atoms with Gasteiger partial charge in [-0.3, -0.25) is 14.4 Å². The predicted molar refractivity (Wildman–Crippen MR) is 349 cm³/mol. The molecular formula is C74H140O6. The van der Waals surface area contributed by atoms with Crippen LogP contribution < -0.4 is 0 Å². The Hall–Kier alpha value is -2.11. The van der Waals surface area contributed by atoms with Crippen molar-refractivity contribution in [2.75, 3.05) is 13.2 Å². The van der Waals surface area contributed by atoms with Crippen LogP contribution in [0.4, 0.5) is 0 Å². The Bertz CT molecular complexity index is 1290. The van der Waals surface area contributed by atoms with Gasteiger partial charge >= 0.3 is 17.9 Å². The van der Waals surface area contributed by atoms with Crippen molar-refractivity contribution in [2.45, 2.75) is 419 Å². The zero-order valence-electron chi connectivity index (χ0n) is 54.4. The van der Waals surface area contributed by atoms with Gasteiger partial charge in [0.25, 0.3) is 0 Å². The van der Waals surface area contributed by atoms with Crippen molar-refractivity contribution in [3.63, 3.8) is 0 Å². The number of hydrogen-bond donors (Lipinski definition) is 0. The minimum absolute atomic E-state index is 0.0706. The monoisotopic (exact) mass is 1130 g/mol. The van der Waals surface area contributed by atoms with Crippen LogP contribution in [0.2, 0.25) is 0 Å². The number of esters is 3. The minimum Gasteiger partial charge on any atom is -0.462 e. The van der Waals surface area contributed by atoms with Crippen LogP contribution in [-0.2, 0) is 28.6 Å². The van der Waals surface area contributed by atoms with E-state index in [1.165, 1.54) is 308 Å². The van der Waals surface area contributed by atoms with E-state index in [9.17, 15) is 14.4 Å². The lowest BCUT2D eigenvalue weighted by molar-refractivity contribution is -0.167. The normalized spacial score (nSPS) is 12.1. The molecule has 0 aliphatic heterocycles. The Balaban J connectivity index is 4.09. The number of ether oxygens (including phenoxy) is 3. The first-order valence-corrected chi connectivity index (χ1v) is 36.3. The first kappa shape index (κ1) is 77.9. The van der Waals surface area contributed by atoms with E-state index in [4.69, 9.17) is 14.2 Å². The standard InChI is InChI=1S/C74H140O6/c1-4-7-10-13-16-19-22-25-27-29-31-32-33-34-35-36-37-38-39-40-41-42-43-44-46-47-49-52-55-58-61-64-67-73(76)79-70-71(69-78-72(75)66-63-60-57-54-51-24-21-18-15-12-9-6-3)80-74(77)68-65-62-59-56-53-50-48-45-30-28-26-23-20-17-14-11-8-5-2/h18,21,28,30,71H,4-17,19-20,22-27,29,31-70H2,1-3H3/b21-18-,30-28-. The highest BCUT2D eigenvalue weighted by atomic mass is 16.6. The van der Waals surface area contributed by atoms with Gasteiger partial charge in [-0.2, -0.15) is 0 Å². The summed E-state index contributed by atoms with van der Waals surface area (Å²) in [5, 5.41) is 0. The summed E-state index contributed by atoms with van der Waals surface area (Å²) < 4.78 is 17.0. The average Bonchev–Trinajstić information content (AvgIpc) is 3.46. The lowest BCUT2D eigenvalue weighted by Gasteiger charge is -2.18. The number of hydrogen-bond acceptors (Lipinski definition) is 6. The number of rotatable bonds is 68. The summed E-state index contributed by atoms with van der Waals surface area (Å²) >= 11 is 0. The Morgan fingerprint density at radius 1 is 0.237 bits per heavy atom. The highest BCUT2D eigenvalue weighted by molar-refractivity contribution is 5.71. The molecule has 0 spiro atoms. The van der Waals surface area contributed by atoms with Crippen molar-refractivity contribution in [3.05, 3.63) is 24.3 Å². The highest BCUT2D eigenvalue weighted by Gasteiger charge is 2.19. The summed E-state index contributed by atoms with van der Waals surface area (Å²) in [5.41, 5.74) is 0. The second kappa shape index (κ2) is 69.4. The Kier molecular flexibility index (Phi) is 67.6. The quantitative estimate of drug-likeness (QED) is 0.0261. The van der Waals surface area contributed by atoms with Crippen LogP contribution in [-0.4, -0.2) is 37.2 Å². The number of carbonyl (C=O) groups is 3. The topological polar surface area (TPSA) is 78.9 Å². The van der Waals surface area contributed by atoms with Crippen LogP contribution in [0.15, 0.2) is 24.3 Å². The van der Waals surface area contributed by atoms with Gasteiger partial charge in [0, 0.05) is 19.3 Å². The van der Waals surface area contributed by atoms with E-state index in [0.717, 1.165) is 64.2 Å². The fourth-order valence-electron chi connectivity index (χ4n) is 11.2. The second-order valence-electron chi connectivity index (χ2n) is 24.9. The Labute approximate surface area is 500 Å². The third-order valence-electron chi connectivity index (χ3n) is 16.7. The number of carbonyl (C=O) groups excluding carboxylic acids is 3.